The molecule has 6 nitrogen and oxygen atoms in total. The van der Waals surface area contributed by atoms with Crippen molar-refractivity contribution in [3.63, 3.8) is 0 Å². The summed E-state index contributed by atoms with van der Waals surface area (Å²) in [6.45, 7) is -0.862. The van der Waals surface area contributed by atoms with Crippen molar-refractivity contribution in [3.05, 3.63) is 79.2 Å². The Kier molecular flexibility index (Phi) is 4.80. The lowest BCUT2D eigenvalue weighted by Crippen LogP contribution is -2.37. The maximum absolute atomic E-state index is 13.8. The molecule has 0 saturated carbocycles. The van der Waals surface area contributed by atoms with E-state index < -0.39 is 29.6 Å². The molecule has 2 aromatic carbocycles. The van der Waals surface area contributed by atoms with Gasteiger partial charge in [-0.15, -0.1) is 0 Å². The van der Waals surface area contributed by atoms with Crippen LogP contribution in [-0.2, 0) is 22.7 Å². The summed E-state index contributed by atoms with van der Waals surface area (Å²) in [6, 6.07) is 11.1. The fourth-order valence-electron chi connectivity index (χ4n) is 2.34. The molecule has 0 aliphatic rings. The first kappa shape index (κ1) is 17.1. The first-order valence-electron chi connectivity index (χ1n) is 7.28. The average Bonchev–Trinajstić information content (AvgIpc) is 2.60. The predicted octanol–water partition coefficient (Wildman–Crippen LogP) is 2.33. The van der Waals surface area contributed by atoms with E-state index in [0.717, 1.165) is 4.57 Å². The number of nitrogens with one attached hydrogen (secondary N) is 1. The quantitative estimate of drug-likeness (QED) is 0.674. The average molecular weight is 407 g/mol. The lowest BCUT2D eigenvalue weighted by Gasteiger charge is -2.08. The molecule has 0 atom stereocenters. The number of carbonyl (C=O) groups is 1. The zero-order valence-corrected chi connectivity index (χ0v) is 14.4. The second-order valence-electron chi connectivity index (χ2n) is 5.24. The zero-order chi connectivity index (χ0) is 18.0. The summed E-state index contributed by atoms with van der Waals surface area (Å²) in [5.74, 6) is -1.35. The van der Waals surface area contributed by atoms with Gasteiger partial charge in [0.15, 0.2) is 0 Å². The molecule has 3 rings (SSSR count). The normalized spacial score (nSPS) is 10.8. The summed E-state index contributed by atoms with van der Waals surface area (Å²) in [7, 11) is 0. The number of aromatic nitrogens is 2. The molecule has 0 radical (unpaired) electrons. The van der Waals surface area contributed by atoms with E-state index in [9.17, 15) is 18.8 Å². The third-order valence-electron chi connectivity index (χ3n) is 3.60. The topological polar surface area (TPSA) is 81.2 Å². The van der Waals surface area contributed by atoms with Crippen LogP contribution in [0.25, 0.3) is 10.9 Å². The number of hydrogen-bond donors (Lipinski definition) is 1. The summed E-state index contributed by atoms with van der Waals surface area (Å²) in [4.78, 5) is 38.8. The van der Waals surface area contributed by atoms with Gasteiger partial charge in [0.1, 0.15) is 19.0 Å². The van der Waals surface area contributed by atoms with Gasteiger partial charge in [-0.05, 0) is 34.1 Å². The molecule has 0 spiro atoms. The van der Waals surface area contributed by atoms with Crippen molar-refractivity contribution in [2.45, 2.75) is 13.2 Å². The van der Waals surface area contributed by atoms with Crippen LogP contribution in [0, 0.1) is 5.82 Å². The fraction of sp³-hybridized carbons (Fsp3) is 0.118. The molecule has 1 aromatic heterocycles. The lowest BCUT2D eigenvalue weighted by atomic mass is 10.2. The van der Waals surface area contributed by atoms with E-state index in [1.807, 2.05) is 0 Å². The maximum atomic E-state index is 13.8. The van der Waals surface area contributed by atoms with E-state index >= 15 is 0 Å². The Balaban J connectivity index is 1.80. The first-order valence-corrected chi connectivity index (χ1v) is 8.07. The lowest BCUT2D eigenvalue weighted by molar-refractivity contribution is -0.145. The van der Waals surface area contributed by atoms with Crippen LogP contribution in [0.3, 0.4) is 0 Å². The fourth-order valence-corrected chi connectivity index (χ4v) is 2.74. The van der Waals surface area contributed by atoms with Crippen LogP contribution in [0.5, 0.6) is 0 Å². The van der Waals surface area contributed by atoms with Crippen LogP contribution >= 0.6 is 15.9 Å². The number of benzene rings is 2. The standard InChI is InChI=1S/C17H12BrFN2O4/c18-12-6-3-4-10(15(12)19)9-25-14(22)8-21-16(23)11-5-1-2-7-13(11)20-17(21)24/h1-7H,8-9H2,(H,20,24). The third kappa shape index (κ3) is 3.53. The molecule has 25 heavy (non-hydrogen) atoms. The molecule has 0 amide bonds. The van der Waals surface area contributed by atoms with Crippen molar-refractivity contribution in [1.82, 2.24) is 9.55 Å². The van der Waals surface area contributed by atoms with Gasteiger partial charge in [0.2, 0.25) is 0 Å². The molecule has 3 aromatic rings. The molecule has 0 aliphatic carbocycles. The summed E-state index contributed by atoms with van der Waals surface area (Å²) in [5.41, 5.74) is -0.736. The highest BCUT2D eigenvalue weighted by Crippen LogP contribution is 2.19. The summed E-state index contributed by atoms with van der Waals surface area (Å²) in [6.07, 6.45) is 0. The van der Waals surface area contributed by atoms with Gasteiger partial charge in [0.05, 0.1) is 15.4 Å². The second kappa shape index (κ2) is 7.02. The van der Waals surface area contributed by atoms with Gasteiger partial charge in [-0.25, -0.2) is 13.8 Å². The van der Waals surface area contributed by atoms with Gasteiger partial charge in [-0.3, -0.25) is 9.59 Å². The number of esters is 1. The van der Waals surface area contributed by atoms with Crippen molar-refractivity contribution in [2.24, 2.45) is 0 Å². The molecule has 0 aliphatic heterocycles. The van der Waals surface area contributed by atoms with Crippen LogP contribution in [0.2, 0.25) is 0 Å². The molecule has 0 unspecified atom stereocenters. The van der Waals surface area contributed by atoms with E-state index in [1.165, 1.54) is 12.1 Å². The number of hydrogen-bond acceptors (Lipinski definition) is 4. The molecule has 0 fully saturated rings. The Morgan fingerprint density at radius 1 is 1.16 bits per heavy atom. The number of nitrogens with zero attached hydrogens (tertiary/aromatic N) is 1. The minimum Gasteiger partial charge on any atom is -0.459 e. The van der Waals surface area contributed by atoms with Gasteiger partial charge < -0.3 is 9.72 Å². The summed E-state index contributed by atoms with van der Waals surface area (Å²) in [5, 5.41) is 0.285. The van der Waals surface area contributed by atoms with Crippen LogP contribution in [0.4, 0.5) is 4.39 Å². The maximum Gasteiger partial charge on any atom is 0.329 e. The number of ether oxygens (including phenoxy) is 1. The monoisotopic (exact) mass is 406 g/mol. The van der Waals surface area contributed by atoms with Crippen molar-refractivity contribution in [2.75, 3.05) is 0 Å². The van der Waals surface area contributed by atoms with Gasteiger partial charge in [-0.2, -0.15) is 0 Å². The van der Waals surface area contributed by atoms with Gasteiger partial charge >= 0.3 is 11.7 Å². The molecule has 8 heteroatoms. The number of H-pyrrole nitrogens is 1. The minimum absolute atomic E-state index is 0.183. The van der Waals surface area contributed by atoms with Gasteiger partial charge in [0, 0.05) is 5.56 Å². The van der Waals surface area contributed by atoms with Crippen LogP contribution < -0.4 is 11.2 Å². The number of para-hydroxylation sites is 1. The molecular formula is C17H12BrFN2O4. The second-order valence-corrected chi connectivity index (χ2v) is 6.09. The van der Waals surface area contributed by atoms with Gasteiger partial charge in [-0.1, -0.05) is 24.3 Å². The Bertz CT molecular complexity index is 1070. The Morgan fingerprint density at radius 3 is 2.72 bits per heavy atom. The highest BCUT2D eigenvalue weighted by atomic mass is 79.9. The van der Waals surface area contributed by atoms with Crippen molar-refractivity contribution in [3.8, 4) is 0 Å². The van der Waals surface area contributed by atoms with Gasteiger partial charge in [0.25, 0.3) is 5.56 Å². The molecule has 1 N–H and O–H groups in total. The van der Waals surface area contributed by atoms with Crippen molar-refractivity contribution < 1.29 is 13.9 Å². The highest BCUT2D eigenvalue weighted by Gasteiger charge is 2.13. The smallest absolute Gasteiger partial charge is 0.329 e. The van der Waals surface area contributed by atoms with Crippen LogP contribution in [-0.4, -0.2) is 15.5 Å². The largest absolute Gasteiger partial charge is 0.459 e. The summed E-state index contributed by atoms with van der Waals surface area (Å²) < 4.78 is 19.8. The van der Waals surface area contributed by atoms with E-state index in [0.29, 0.717) is 5.52 Å². The summed E-state index contributed by atoms with van der Waals surface area (Å²) >= 11 is 3.04. The zero-order valence-electron chi connectivity index (χ0n) is 12.8. The molecule has 128 valence electrons. The Hall–Kier alpha value is -2.74. The minimum atomic E-state index is -0.817. The number of carbonyl (C=O) groups excluding carboxylic acids is 1. The number of fused-ring (bicyclic) bond motifs is 1. The first-order chi connectivity index (χ1) is 12.0. The molecular weight excluding hydrogens is 395 g/mol. The number of aromatic amines is 1. The Morgan fingerprint density at radius 2 is 1.92 bits per heavy atom. The molecule has 0 saturated heterocycles. The van der Waals surface area contributed by atoms with Crippen molar-refractivity contribution >= 4 is 32.8 Å². The van der Waals surface area contributed by atoms with Crippen molar-refractivity contribution in [1.29, 1.82) is 0 Å². The van der Waals surface area contributed by atoms with E-state index in [4.69, 9.17) is 4.74 Å². The third-order valence-corrected chi connectivity index (χ3v) is 4.21. The van der Waals surface area contributed by atoms with E-state index in [-0.39, 0.29) is 22.0 Å². The van der Waals surface area contributed by atoms with Crippen LogP contribution in [0.1, 0.15) is 5.56 Å². The number of rotatable bonds is 4. The molecule has 1 heterocycles. The van der Waals surface area contributed by atoms with E-state index in [2.05, 4.69) is 20.9 Å². The SMILES string of the molecule is O=C(Cn1c(=O)[nH]c2ccccc2c1=O)OCc1cccc(Br)c1F. The highest BCUT2D eigenvalue weighted by molar-refractivity contribution is 9.10. The number of halogens is 2. The predicted molar refractivity (Wildman–Crippen MR) is 92.7 cm³/mol. The molecule has 0 bridgehead atoms. The van der Waals surface area contributed by atoms with E-state index in [1.54, 1.807) is 30.3 Å². The Labute approximate surface area is 149 Å². The van der Waals surface area contributed by atoms with Crippen LogP contribution in [0.15, 0.2) is 56.5 Å².